The maximum absolute atomic E-state index is 11.9. The molecule has 0 aliphatic carbocycles. The van der Waals surface area contributed by atoms with Gasteiger partial charge in [0.15, 0.2) is 9.84 Å². The van der Waals surface area contributed by atoms with Crippen molar-refractivity contribution in [1.82, 2.24) is 14.9 Å². The van der Waals surface area contributed by atoms with Crippen LogP contribution in [0.2, 0.25) is 0 Å². The molecule has 170 valence electrons. The average Bonchev–Trinajstić information content (AvgIpc) is 3.31. The maximum atomic E-state index is 11.9. The second kappa shape index (κ2) is 8.93. The summed E-state index contributed by atoms with van der Waals surface area (Å²) in [5, 5.41) is 1.18. The fourth-order valence-corrected chi connectivity index (χ4v) is 8.17. The zero-order valence-electron chi connectivity index (χ0n) is 18.5. The molecule has 2 aliphatic heterocycles. The quantitative estimate of drug-likeness (QED) is 0.505. The molecule has 32 heavy (non-hydrogen) atoms. The lowest BCUT2D eigenvalue weighted by Gasteiger charge is -2.38. The van der Waals surface area contributed by atoms with Crippen molar-refractivity contribution in [2.24, 2.45) is 0 Å². The Labute approximate surface area is 198 Å². The third-order valence-corrected chi connectivity index (χ3v) is 10.4. The van der Waals surface area contributed by atoms with E-state index in [1.54, 1.807) is 23.1 Å². The smallest absolute Gasteiger partial charge is 0.151 e. The molecule has 0 N–H and O–H groups in total. The van der Waals surface area contributed by atoms with Gasteiger partial charge in [0.25, 0.3) is 0 Å². The molecule has 9 heteroatoms. The first kappa shape index (κ1) is 22.1. The van der Waals surface area contributed by atoms with E-state index in [4.69, 9.17) is 9.97 Å². The Morgan fingerprint density at radius 1 is 1.09 bits per heavy atom. The number of fused-ring (bicyclic) bond motifs is 1. The number of hydrogen-bond acceptors (Lipinski definition) is 8. The Balaban J connectivity index is 1.37. The molecule has 1 atom stereocenters. The normalized spacial score (nSPS) is 21.4. The highest BCUT2D eigenvalue weighted by atomic mass is 32.2. The van der Waals surface area contributed by atoms with Crippen molar-refractivity contribution in [2.45, 2.75) is 37.0 Å². The van der Waals surface area contributed by atoms with Crippen molar-refractivity contribution < 1.29 is 8.42 Å². The second-order valence-electron chi connectivity index (χ2n) is 8.61. The van der Waals surface area contributed by atoms with Crippen LogP contribution in [0.15, 0.2) is 35.2 Å². The van der Waals surface area contributed by atoms with Gasteiger partial charge in [0, 0.05) is 42.0 Å². The van der Waals surface area contributed by atoms with Gasteiger partial charge in [0.05, 0.1) is 22.6 Å². The number of anilines is 1. The van der Waals surface area contributed by atoms with Gasteiger partial charge in [-0.1, -0.05) is 18.2 Å². The van der Waals surface area contributed by atoms with E-state index in [1.807, 2.05) is 6.07 Å². The minimum atomic E-state index is -2.85. The fraction of sp³-hybridized carbons (Fsp3) is 0.478. The molecule has 6 nitrogen and oxygen atoms in total. The molecule has 2 aromatic heterocycles. The van der Waals surface area contributed by atoms with Crippen LogP contribution in [0.3, 0.4) is 0 Å². The van der Waals surface area contributed by atoms with E-state index >= 15 is 0 Å². The lowest BCUT2D eigenvalue weighted by molar-refractivity contribution is 0.200. The van der Waals surface area contributed by atoms with Crippen LogP contribution in [0.4, 0.5) is 5.82 Å². The molecule has 4 heterocycles. The Kier molecular flexibility index (Phi) is 6.17. The van der Waals surface area contributed by atoms with Gasteiger partial charge in [0.2, 0.25) is 0 Å². The summed E-state index contributed by atoms with van der Waals surface area (Å²) in [7, 11) is -2.85. The van der Waals surface area contributed by atoms with Crippen molar-refractivity contribution in [2.75, 3.05) is 42.6 Å². The molecule has 0 saturated carbocycles. The minimum absolute atomic E-state index is 0.176. The van der Waals surface area contributed by atoms with Crippen LogP contribution in [0.25, 0.3) is 10.2 Å². The van der Waals surface area contributed by atoms with Gasteiger partial charge < -0.3 is 4.90 Å². The molecule has 1 aromatic carbocycles. The SMILES string of the molecule is Cc1sc2nc(CSc3ccccc3)nc(N3CCN(C4CCS(=O)(=O)C4)CC3)c2c1C. The standard InChI is InChI=1S/C23H28N4O2S3/c1-16-17(2)31-23-21(16)22(24-20(25-23)14-30-19-6-4-3-5-7-19)27-11-9-26(10-12-27)18-8-13-32(28,29)15-18/h3-7,18H,8-15H2,1-2H3. The van der Waals surface area contributed by atoms with Gasteiger partial charge in [0.1, 0.15) is 16.5 Å². The maximum Gasteiger partial charge on any atom is 0.151 e. The fourth-order valence-electron chi connectivity index (χ4n) is 4.59. The summed E-state index contributed by atoms with van der Waals surface area (Å²) in [5.41, 5.74) is 1.27. The van der Waals surface area contributed by atoms with E-state index in [0.717, 1.165) is 54.8 Å². The number of thiophene rings is 1. The molecule has 2 fully saturated rings. The molecule has 2 aliphatic rings. The molecule has 5 rings (SSSR count). The minimum Gasteiger partial charge on any atom is -0.353 e. The van der Waals surface area contributed by atoms with Crippen molar-refractivity contribution in [1.29, 1.82) is 0 Å². The molecule has 0 bridgehead atoms. The molecule has 0 amide bonds. The number of aryl methyl sites for hydroxylation is 2. The average molecular weight is 489 g/mol. The first-order valence-corrected chi connectivity index (χ1v) is 14.7. The number of nitrogens with zero attached hydrogens (tertiary/aromatic N) is 4. The van der Waals surface area contributed by atoms with E-state index in [9.17, 15) is 8.42 Å². The van der Waals surface area contributed by atoms with Gasteiger partial charge >= 0.3 is 0 Å². The summed E-state index contributed by atoms with van der Waals surface area (Å²) < 4.78 is 23.8. The van der Waals surface area contributed by atoms with E-state index in [1.165, 1.54) is 20.7 Å². The van der Waals surface area contributed by atoms with Gasteiger partial charge in [-0.15, -0.1) is 23.1 Å². The third-order valence-electron chi connectivity index (χ3n) is 6.51. The molecular formula is C23H28N4O2S3. The van der Waals surface area contributed by atoms with E-state index in [2.05, 4.69) is 47.9 Å². The third kappa shape index (κ3) is 4.53. The summed E-state index contributed by atoms with van der Waals surface area (Å²) >= 11 is 3.51. The predicted octanol–water partition coefficient (Wildman–Crippen LogP) is 3.91. The highest BCUT2D eigenvalue weighted by Crippen LogP contribution is 2.36. The van der Waals surface area contributed by atoms with Gasteiger partial charge in [-0.05, 0) is 38.0 Å². The van der Waals surface area contributed by atoms with Crippen LogP contribution in [0.5, 0.6) is 0 Å². The summed E-state index contributed by atoms with van der Waals surface area (Å²) in [4.78, 5) is 18.3. The van der Waals surface area contributed by atoms with E-state index in [-0.39, 0.29) is 6.04 Å². The molecule has 3 aromatic rings. The highest BCUT2D eigenvalue weighted by Gasteiger charge is 2.34. The number of hydrogen-bond donors (Lipinski definition) is 0. The van der Waals surface area contributed by atoms with Crippen LogP contribution in [-0.4, -0.2) is 67.0 Å². The van der Waals surface area contributed by atoms with Crippen molar-refractivity contribution >= 4 is 49.0 Å². The predicted molar refractivity (Wildman–Crippen MR) is 134 cm³/mol. The van der Waals surface area contributed by atoms with Crippen LogP contribution >= 0.6 is 23.1 Å². The van der Waals surface area contributed by atoms with Crippen LogP contribution in [0, 0.1) is 13.8 Å². The lowest BCUT2D eigenvalue weighted by atomic mass is 10.1. The Morgan fingerprint density at radius 2 is 1.84 bits per heavy atom. The van der Waals surface area contributed by atoms with Crippen LogP contribution in [0.1, 0.15) is 22.7 Å². The van der Waals surface area contributed by atoms with Crippen molar-refractivity contribution in [3.8, 4) is 0 Å². The largest absolute Gasteiger partial charge is 0.353 e. The summed E-state index contributed by atoms with van der Waals surface area (Å²) in [6.07, 6.45) is 0.768. The number of piperazine rings is 1. The molecular weight excluding hydrogens is 460 g/mol. The number of sulfone groups is 1. The number of thioether (sulfide) groups is 1. The van der Waals surface area contributed by atoms with E-state index < -0.39 is 9.84 Å². The topological polar surface area (TPSA) is 66.4 Å². The van der Waals surface area contributed by atoms with Crippen LogP contribution < -0.4 is 4.90 Å². The van der Waals surface area contributed by atoms with Crippen molar-refractivity contribution in [3.05, 3.63) is 46.6 Å². The highest BCUT2D eigenvalue weighted by molar-refractivity contribution is 7.98. The Bertz CT molecular complexity index is 1220. The lowest BCUT2D eigenvalue weighted by Crippen LogP contribution is -2.51. The van der Waals surface area contributed by atoms with Crippen LogP contribution in [-0.2, 0) is 15.6 Å². The van der Waals surface area contributed by atoms with E-state index in [0.29, 0.717) is 11.5 Å². The van der Waals surface area contributed by atoms with Crippen molar-refractivity contribution in [3.63, 3.8) is 0 Å². The number of benzene rings is 1. The van der Waals surface area contributed by atoms with Gasteiger partial charge in [-0.2, -0.15) is 0 Å². The summed E-state index contributed by atoms with van der Waals surface area (Å²) in [5.74, 6) is 3.29. The monoisotopic (exact) mass is 488 g/mol. The molecule has 0 radical (unpaired) electrons. The Hall–Kier alpha value is -1.68. The first-order chi connectivity index (χ1) is 15.4. The zero-order chi connectivity index (χ0) is 22.3. The first-order valence-electron chi connectivity index (χ1n) is 11.0. The second-order valence-corrected chi connectivity index (χ2v) is 13.1. The molecule has 0 spiro atoms. The number of rotatable bonds is 5. The van der Waals surface area contributed by atoms with Gasteiger partial charge in [-0.25, -0.2) is 18.4 Å². The Morgan fingerprint density at radius 3 is 2.53 bits per heavy atom. The number of aromatic nitrogens is 2. The molecule has 2 saturated heterocycles. The zero-order valence-corrected chi connectivity index (χ0v) is 20.9. The summed E-state index contributed by atoms with van der Waals surface area (Å²) in [6, 6.07) is 10.5. The summed E-state index contributed by atoms with van der Waals surface area (Å²) in [6.45, 7) is 7.80. The van der Waals surface area contributed by atoms with Gasteiger partial charge in [-0.3, -0.25) is 4.90 Å². The molecule has 1 unspecified atom stereocenters.